The van der Waals surface area contributed by atoms with Gasteiger partial charge < -0.3 is 5.73 Å². The molecular weight excluding hydrogens is 238 g/mol. The molecule has 0 spiro atoms. The van der Waals surface area contributed by atoms with E-state index < -0.39 is 10.2 Å². The maximum atomic E-state index is 12.0. The monoisotopic (exact) mass is 255 g/mol. The molecule has 0 aromatic rings. The van der Waals surface area contributed by atoms with Crippen LogP contribution < -0.4 is 5.73 Å². The lowest BCUT2D eigenvalue weighted by molar-refractivity contribution is 0.395. The first-order valence-corrected chi connectivity index (χ1v) is 6.51. The van der Waals surface area contributed by atoms with E-state index in [1.54, 1.807) is 4.31 Å². The van der Waals surface area contributed by atoms with Crippen molar-refractivity contribution in [3.63, 3.8) is 0 Å². The Labute approximate surface area is 97.2 Å². The smallest absolute Gasteiger partial charge is 0.282 e. The summed E-state index contributed by atoms with van der Waals surface area (Å²) in [5.74, 6) is 0. The third-order valence-corrected chi connectivity index (χ3v) is 4.91. The molecule has 5 nitrogen and oxygen atoms in total. The Balaban J connectivity index is 0.00000112. The first-order chi connectivity index (χ1) is 6.60. The average molecular weight is 256 g/mol. The molecule has 2 heterocycles. The van der Waals surface area contributed by atoms with Gasteiger partial charge in [-0.2, -0.15) is 17.0 Å². The second-order valence-electron chi connectivity index (χ2n) is 4.02. The first kappa shape index (κ1) is 13.2. The van der Waals surface area contributed by atoms with Gasteiger partial charge in [0.1, 0.15) is 0 Å². The highest BCUT2D eigenvalue weighted by atomic mass is 35.5. The predicted octanol–water partition coefficient (Wildman–Crippen LogP) is -0.218. The number of hydrogen-bond acceptors (Lipinski definition) is 3. The van der Waals surface area contributed by atoms with Crippen molar-refractivity contribution in [1.29, 1.82) is 0 Å². The quantitative estimate of drug-likeness (QED) is 0.742. The van der Waals surface area contributed by atoms with Crippen LogP contribution in [0.15, 0.2) is 0 Å². The SMILES string of the molecule is Cl.N[C@H]1CCN(S(=O)(=O)N2CCCC2)C1. The summed E-state index contributed by atoms with van der Waals surface area (Å²) in [7, 11) is -3.18. The average Bonchev–Trinajstić information content (AvgIpc) is 2.72. The van der Waals surface area contributed by atoms with Crippen molar-refractivity contribution in [2.75, 3.05) is 26.2 Å². The van der Waals surface area contributed by atoms with Gasteiger partial charge in [0.15, 0.2) is 0 Å². The van der Waals surface area contributed by atoms with Crippen LogP contribution in [0, 0.1) is 0 Å². The molecule has 0 aromatic heterocycles. The van der Waals surface area contributed by atoms with Crippen LogP contribution in [0.1, 0.15) is 19.3 Å². The Morgan fingerprint density at radius 3 is 2.13 bits per heavy atom. The first-order valence-electron chi connectivity index (χ1n) is 5.11. The molecule has 2 rings (SSSR count). The van der Waals surface area contributed by atoms with Crippen molar-refractivity contribution in [1.82, 2.24) is 8.61 Å². The molecule has 0 radical (unpaired) electrons. The molecule has 0 aromatic carbocycles. The normalized spacial score (nSPS) is 29.3. The van der Waals surface area contributed by atoms with Crippen molar-refractivity contribution in [2.24, 2.45) is 5.73 Å². The van der Waals surface area contributed by atoms with Gasteiger partial charge in [0.25, 0.3) is 10.2 Å². The van der Waals surface area contributed by atoms with Crippen molar-refractivity contribution in [3.8, 4) is 0 Å². The predicted molar refractivity (Wildman–Crippen MR) is 61.1 cm³/mol. The summed E-state index contributed by atoms with van der Waals surface area (Å²) in [5, 5.41) is 0. The Kier molecular flexibility index (Phi) is 4.37. The van der Waals surface area contributed by atoms with E-state index in [4.69, 9.17) is 5.73 Å². The zero-order valence-electron chi connectivity index (χ0n) is 8.63. The maximum absolute atomic E-state index is 12.0. The van der Waals surface area contributed by atoms with Gasteiger partial charge in [0.05, 0.1) is 0 Å². The summed E-state index contributed by atoms with van der Waals surface area (Å²) >= 11 is 0. The fraction of sp³-hybridized carbons (Fsp3) is 1.00. The second-order valence-corrected chi connectivity index (χ2v) is 5.95. The third kappa shape index (κ3) is 2.62. The van der Waals surface area contributed by atoms with Crippen LogP contribution in [0.25, 0.3) is 0 Å². The molecule has 1 atom stereocenters. The van der Waals surface area contributed by atoms with Crippen LogP contribution in [0.2, 0.25) is 0 Å². The van der Waals surface area contributed by atoms with E-state index in [9.17, 15) is 8.42 Å². The lowest BCUT2D eigenvalue weighted by Gasteiger charge is -2.22. The number of nitrogens with two attached hydrogens (primary N) is 1. The van der Waals surface area contributed by atoms with E-state index in [-0.39, 0.29) is 18.4 Å². The van der Waals surface area contributed by atoms with E-state index in [1.165, 1.54) is 4.31 Å². The van der Waals surface area contributed by atoms with E-state index in [0.717, 1.165) is 19.3 Å². The van der Waals surface area contributed by atoms with Crippen molar-refractivity contribution < 1.29 is 8.42 Å². The van der Waals surface area contributed by atoms with E-state index in [2.05, 4.69) is 0 Å². The summed E-state index contributed by atoms with van der Waals surface area (Å²) < 4.78 is 27.0. The van der Waals surface area contributed by atoms with Gasteiger partial charge in [-0.1, -0.05) is 0 Å². The molecule has 2 fully saturated rings. The Morgan fingerprint density at radius 1 is 1.07 bits per heavy atom. The molecule has 0 aliphatic carbocycles. The minimum absolute atomic E-state index is 0. The highest BCUT2D eigenvalue weighted by Gasteiger charge is 2.35. The van der Waals surface area contributed by atoms with Gasteiger partial charge >= 0.3 is 0 Å². The molecule has 2 N–H and O–H groups in total. The summed E-state index contributed by atoms with van der Waals surface area (Å²) in [6.45, 7) is 2.42. The van der Waals surface area contributed by atoms with Gasteiger partial charge in [0.2, 0.25) is 0 Å². The molecule has 0 unspecified atom stereocenters. The van der Waals surface area contributed by atoms with E-state index in [1.807, 2.05) is 0 Å². The molecule has 90 valence electrons. The fourth-order valence-electron chi connectivity index (χ4n) is 2.05. The zero-order chi connectivity index (χ0) is 10.2. The van der Waals surface area contributed by atoms with Crippen molar-refractivity contribution in [3.05, 3.63) is 0 Å². The largest absolute Gasteiger partial charge is 0.326 e. The highest BCUT2D eigenvalue weighted by molar-refractivity contribution is 7.86. The number of nitrogens with zero attached hydrogens (tertiary/aromatic N) is 2. The van der Waals surface area contributed by atoms with Crippen LogP contribution in [-0.2, 0) is 10.2 Å². The molecule has 2 saturated heterocycles. The van der Waals surface area contributed by atoms with Gasteiger partial charge in [-0.3, -0.25) is 0 Å². The Morgan fingerprint density at radius 2 is 1.67 bits per heavy atom. The molecule has 2 aliphatic rings. The summed E-state index contributed by atoms with van der Waals surface area (Å²) in [5.41, 5.74) is 5.70. The maximum Gasteiger partial charge on any atom is 0.282 e. The molecule has 0 amide bonds. The van der Waals surface area contributed by atoms with Crippen LogP contribution in [0.3, 0.4) is 0 Å². The molecule has 2 aliphatic heterocycles. The van der Waals surface area contributed by atoms with Crippen molar-refractivity contribution >= 4 is 22.6 Å². The van der Waals surface area contributed by atoms with E-state index in [0.29, 0.717) is 26.2 Å². The number of rotatable bonds is 2. The van der Waals surface area contributed by atoms with Gasteiger partial charge in [0, 0.05) is 32.2 Å². The fourth-order valence-corrected chi connectivity index (χ4v) is 3.81. The van der Waals surface area contributed by atoms with E-state index >= 15 is 0 Å². The molecule has 7 heteroatoms. The topological polar surface area (TPSA) is 66.6 Å². The number of halogens is 1. The molecule has 0 bridgehead atoms. The van der Waals surface area contributed by atoms with Gasteiger partial charge in [-0.05, 0) is 19.3 Å². The minimum atomic E-state index is -3.18. The molecule has 15 heavy (non-hydrogen) atoms. The van der Waals surface area contributed by atoms with Crippen LogP contribution in [-0.4, -0.2) is 49.2 Å². The Bertz CT molecular complexity index is 303. The van der Waals surface area contributed by atoms with Crippen LogP contribution >= 0.6 is 12.4 Å². The lowest BCUT2D eigenvalue weighted by Crippen LogP contribution is -2.42. The van der Waals surface area contributed by atoms with Crippen LogP contribution in [0.4, 0.5) is 0 Å². The third-order valence-electron chi connectivity index (χ3n) is 2.91. The van der Waals surface area contributed by atoms with Crippen molar-refractivity contribution in [2.45, 2.75) is 25.3 Å². The Hall–Kier alpha value is 0.120. The van der Waals surface area contributed by atoms with Gasteiger partial charge in [-0.25, -0.2) is 0 Å². The highest BCUT2D eigenvalue weighted by Crippen LogP contribution is 2.20. The second kappa shape index (κ2) is 4.97. The summed E-state index contributed by atoms with van der Waals surface area (Å²) in [4.78, 5) is 0. The summed E-state index contributed by atoms with van der Waals surface area (Å²) in [6.07, 6.45) is 2.76. The molecular formula is C8H18ClN3O2S. The standard InChI is InChI=1S/C8H17N3O2S.ClH/c9-8-3-6-11(7-8)14(12,13)10-4-1-2-5-10;/h8H,1-7,9H2;1H/t8-;/m0./s1. The number of hydrogen-bond donors (Lipinski definition) is 1. The zero-order valence-corrected chi connectivity index (χ0v) is 10.3. The lowest BCUT2D eigenvalue weighted by atomic mass is 10.3. The van der Waals surface area contributed by atoms with Gasteiger partial charge in [-0.15, -0.1) is 12.4 Å². The summed E-state index contributed by atoms with van der Waals surface area (Å²) in [6, 6.07) is 0.0207. The minimum Gasteiger partial charge on any atom is -0.326 e. The van der Waals surface area contributed by atoms with Crippen LogP contribution in [0.5, 0.6) is 0 Å². The molecule has 0 saturated carbocycles.